The van der Waals surface area contributed by atoms with Gasteiger partial charge in [-0.1, -0.05) is 11.6 Å². The lowest BCUT2D eigenvalue weighted by Gasteiger charge is -2.02. The van der Waals surface area contributed by atoms with Crippen LogP contribution in [-0.2, 0) is 18.3 Å². The van der Waals surface area contributed by atoms with Crippen LogP contribution in [0.15, 0.2) is 12.1 Å². The third kappa shape index (κ3) is 1.76. The number of aliphatic carboxylic acids is 1. The minimum atomic E-state index is -0.889. The normalized spacial score (nSPS) is 10.9. The summed E-state index contributed by atoms with van der Waals surface area (Å²) in [6.45, 7) is 1.89. The highest BCUT2D eigenvalue weighted by Gasteiger charge is 2.11. The maximum Gasteiger partial charge on any atom is 0.307 e. The summed E-state index contributed by atoms with van der Waals surface area (Å²) in [5, 5.41) is 9.21. The Kier molecular flexibility index (Phi) is 2.59. The van der Waals surface area contributed by atoms with Gasteiger partial charge in [0.2, 0.25) is 0 Å². The van der Waals surface area contributed by atoms with Crippen molar-refractivity contribution in [3.05, 3.63) is 28.5 Å². The van der Waals surface area contributed by atoms with Crippen LogP contribution >= 0.6 is 11.6 Å². The van der Waals surface area contributed by atoms with E-state index in [1.807, 2.05) is 18.5 Å². The summed E-state index contributed by atoms with van der Waals surface area (Å²) in [5.74, 6) is -0.0151. The minimum absolute atomic E-state index is 0.0704. The van der Waals surface area contributed by atoms with Crippen molar-refractivity contribution in [2.45, 2.75) is 13.3 Å². The third-order valence-electron chi connectivity index (χ3n) is 2.61. The zero-order valence-corrected chi connectivity index (χ0v) is 9.75. The van der Waals surface area contributed by atoms with Gasteiger partial charge in [0.15, 0.2) is 0 Å². The molecule has 0 aliphatic heterocycles. The molecule has 0 radical (unpaired) electrons. The summed E-state index contributed by atoms with van der Waals surface area (Å²) >= 11 is 6.00. The molecule has 84 valence electrons. The van der Waals surface area contributed by atoms with Gasteiger partial charge >= 0.3 is 5.97 Å². The van der Waals surface area contributed by atoms with Crippen molar-refractivity contribution in [2.24, 2.45) is 7.05 Å². The van der Waals surface area contributed by atoms with Crippen molar-refractivity contribution in [3.8, 4) is 0 Å². The highest BCUT2D eigenvalue weighted by atomic mass is 35.5. The molecule has 16 heavy (non-hydrogen) atoms. The largest absolute Gasteiger partial charge is 0.481 e. The van der Waals surface area contributed by atoms with Crippen LogP contribution in [0.4, 0.5) is 0 Å². The molecule has 0 unspecified atom stereocenters. The number of rotatable bonds is 2. The first-order chi connectivity index (χ1) is 7.49. The molecular formula is C11H11ClN2O2. The Bertz CT molecular complexity index is 575. The van der Waals surface area contributed by atoms with Crippen LogP contribution in [0.5, 0.6) is 0 Å². The molecule has 0 aliphatic rings. The molecule has 0 bridgehead atoms. The minimum Gasteiger partial charge on any atom is -0.481 e. The Balaban J connectivity index is 2.64. The summed E-state index contributed by atoms with van der Waals surface area (Å²) in [5.41, 5.74) is 2.31. The van der Waals surface area contributed by atoms with E-state index in [1.165, 1.54) is 0 Å². The molecule has 1 aromatic carbocycles. The summed E-state index contributed by atoms with van der Waals surface area (Å²) < 4.78 is 1.91. The zero-order valence-electron chi connectivity index (χ0n) is 8.99. The fourth-order valence-electron chi connectivity index (χ4n) is 1.67. The first-order valence-corrected chi connectivity index (χ1v) is 5.20. The van der Waals surface area contributed by atoms with E-state index in [9.17, 15) is 4.79 Å². The first-order valence-electron chi connectivity index (χ1n) is 4.82. The van der Waals surface area contributed by atoms with Gasteiger partial charge in [0.25, 0.3) is 0 Å². The Labute approximate surface area is 97.5 Å². The van der Waals surface area contributed by atoms with Crippen molar-refractivity contribution in [3.63, 3.8) is 0 Å². The molecule has 1 heterocycles. The number of hydrogen-bond donors (Lipinski definition) is 1. The Morgan fingerprint density at radius 2 is 2.25 bits per heavy atom. The molecule has 1 N–H and O–H groups in total. The number of imidazole rings is 1. The maximum absolute atomic E-state index is 10.7. The van der Waals surface area contributed by atoms with Crippen molar-refractivity contribution >= 4 is 28.6 Å². The Morgan fingerprint density at radius 3 is 2.88 bits per heavy atom. The van der Waals surface area contributed by atoms with Gasteiger partial charge in [-0.05, 0) is 24.6 Å². The lowest BCUT2D eigenvalue weighted by atomic mass is 10.1. The van der Waals surface area contributed by atoms with Crippen molar-refractivity contribution < 1.29 is 9.90 Å². The van der Waals surface area contributed by atoms with Gasteiger partial charge in [0, 0.05) is 12.1 Å². The van der Waals surface area contributed by atoms with E-state index in [-0.39, 0.29) is 6.42 Å². The molecule has 0 saturated heterocycles. The summed E-state index contributed by atoms with van der Waals surface area (Å²) in [6.07, 6.45) is -0.0704. The zero-order chi connectivity index (χ0) is 11.9. The topological polar surface area (TPSA) is 55.1 Å². The van der Waals surface area contributed by atoms with Crippen molar-refractivity contribution in [1.29, 1.82) is 0 Å². The number of halogens is 1. The molecule has 2 aromatic rings. The van der Waals surface area contributed by atoms with E-state index >= 15 is 0 Å². The van der Waals surface area contributed by atoms with Crippen LogP contribution < -0.4 is 0 Å². The average Bonchev–Trinajstić information content (AvgIpc) is 2.44. The standard InChI is InChI=1S/C11H11ClN2O2/c1-6-13-9-5-8(12)7(4-11(15)16)3-10(9)14(6)2/h3,5H,4H2,1-2H3,(H,15,16). The lowest BCUT2D eigenvalue weighted by Crippen LogP contribution is -2.01. The molecule has 0 aliphatic carbocycles. The number of fused-ring (bicyclic) bond motifs is 1. The van der Waals surface area contributed by atoms with Crippen molar-refractivity contribution in [1.82, 2.24) is 9.55 Å². The van der Waals surface area contributed by atoms with Crippen LogP contribution in [0.3, 0.4) is 0 Å². The van der Waals surface area contributed by atoms with E-state index in [0.29, 0.717) is 10.6 Å². The van der Waals surface area contributed by atoms with E-state index in [4.69, 9.17) is 16.7 Å². The third-order valence-corrected chi connectivity index (χ3v) is 2.97. The molecule has 0 spiro atoms. The molecule has 0 saturated carbocycles. The van der Waals surface area contributed by atoms with E-state index in [2.05, 4.69) is 4.98 Å². The number of aromatic nitrogens is 2. The highest BCUT2D eigenvalue weighted by Crippen LogP contribution is 2.24. The maximum atomic E-state index is 10.7. The molecule has 0 fully saturated rings. The Morgan fingerprint density at radius 1 is 1.56 bits per heavy atom. The number of aryl methyl sites for hydroxylation is 2. The molecule has 2 rings (SSSR count). The van der Waals surface area contributed by atoms with Crippen LogP contribution in [0.2, 0.25) is 5.02 Å². The van der Waals surface area contributed by atoms with Crippen LogP contribution in [0, 0.1) is 6.92 Å². The van der Waals surface area contributed by atoms with Gasteiger partial charge in [-0.25, -0.2) is 4.98 Å². The number of nitrogens with zero attached hydrogens (tertiary/aromatic N) is 2. The molecular weight excluding hydrogens is 228 g/mol. The second-order valence-electron chi connectivity index (χ2n) is 3.72. The first kappa shape index (κ1) is 11.0. The molecule has 1 aromatic heterocycles. The lowest BCUT2D eigenvalue weighted by molar-refractivity contribution is -0.136. The molecule has 5 heteroatoms. The second kappa shape index (κ2) is 3.79. The van der Waals surface area contributed by atoms with Gasteiger partial charge in [-0.3, -0.25) is 4.79 Å². The number of benzene rings is 1. The molecule has 0 amide bonds. The summed E-state index contributed by atoms with van der Waals surface area (Å²) in [6, 6.07) is 3.49. The number of hydrogen-bond acceptors (Lipinski definition) is 2. The Hall–Kier alpha value is -1.55. The van der Waals surface area contributed by atoms with E-state index in [1.54, 1.807) is 12.1 Å². The van der Waals surface area contributed by atoms with Gasteiger partial charge in [0.1, 0.15) is 5.82 Å². The molecule has 4 nitrogen and oxygen atoms in total. The number of carboxylic acid groups (broad SMARTS) is 1. The quantitative estimate of drug-likeness (QED) is 0.872. The predicted molar refractivity (Wildman–Crippen MR) is 61.8 cm³/mol. The van der Waals surface area contributed by atoms with E-state index in [0.717, 1.165) is 16.9 Å². The van der Waals surface area contributed by atoms with E-state index < -0.39 is 5.97 Å². The van der Waals surface area contributed by atoms with Gasteiger partial charge in [0.05, 0.1) is 17.5 Å². The number of carbonyl (C=O) groups is 1. The van der Waals surface area contributed by atoms with Crippen LogP contribution in [0.1, 0.15) is 11.4 Å². The number of carboxylic acids is 1. The van der Waals surface area contributed by atoms with Crippen molar-refractivity contribution in [2.75, 3.05) is 0 Å². The molecule has 0 atom stereocenters. The highest BCUT2D eigenvalue weighted by molar-refractivity contribution is 6.32. The fraction of sp³-hybridized carbons (Fsp3) is 0.273. The predicted octanol–water partition coefficient (Wildman–Crippen LogP) is 2.16. The summed E-state index contributed by atoms with van der Waals surface area (Å²) in [7, 11) is 1.89. The monoisotopic (exact) mass is 238 g/mol. The smallest absolute Gasteiger partial charge is 0.307 e. The SMILES string of the molecule is Cc1nc2cc(Cl)c(CC(=O)O)cc2n1C. The van der Waals surface area contributed by atoms with Gasteiger partial charge < -0.3 is 9.67 Å². The van der Waals surface area contributed by atoms with Gasteiger partial charge in [-0.2, -0.15) is 0 Å². The fourth-order valence-corrected chi connectivity index (χ4v) is 1.90. The summed E-state index contributed by atoms with van der Waals surface area (Å²) in [4.78, 5) is 15.0. The van der Waals surface area contributed by atoms with Crippen LogP contribution in [-0.4, -0.2) is 20.6 Å². The van der Waals surface area contributed by atoms with Gasteiger partial charge in [-0.15, -0.1) is 0 Å². The average molecular weight is 239 g/mol. The van der Waals surface area contributed by atoms with Crippen LogP contribution in [0.25, 0.3) is 11.0 Å². The second-order valence-corrected chi connectivity index (χ2v) is 4.13.